The average Bonchev–Trinajstić information content (AvgIpc) is 3.22. The van der Waals surface area contributed by atoms with Crippen molar-refractivity contribution >= 4 is 5.91 Å². The van der Waals surface area contributed by atoms with Crippen molar-refractivity contribution in [1.29, 1.82) is 0 Å². The van der Waals surface area contributed by atoms with E-state index in [0.717, 1.165) is 18.7 Å². The lowest BCUT2D eigenvalue weighted by atomic mass is 9.91. The van der Waals surface area contributed by atoms with Gasteiger partial charge in [-0.2, -0.15) is 5.10 Å². The summed E-state index contributed by atoms with van der Waals surface area (Å²) in [4.78, 5) is 20.8. The van der Waals surface area contributed by atoms with Crippen LogP contribution in [-0.4, -0.2) is 39.2 Å². The summed E-state index contributed by atoms with van der Waals surface area (Å²) in [6.07, 6.45) is 5.79. The Morgan fingerprint density at radius 1 is 1.15 bits per heavy atom. The highest BCUT2D eigenvalue weighted by atomic mass is 16.1. The molecule has 0 bridgehead atoms. The molecule has 3 heterocycles. The Labute approximate surface area is 157 Å². The summed E-state index contributed by atoms with van der Waals surface area (Å²) in [6, 6.07) is 11.6. The lowest BCUT2D eigenvalue weighted by Gasteiger charge is -2.23. The molecule has 0 unspecified atom stereocenters. The summed E-state index contributed by atoms with van der Waals surface area (Å²) in [5.74, 6) is 1.62. The first-order chi connectivity index (χ1) is 13.3. The molecule has 2 aromatic heterocycles. The second-order valence-corrected chi connectivity index (χ2v) is 6.69. The lowest BCUT2D eigenvalue weighted by Crippen LogP contribution is -2.28. The molecular formula is C20H22N6O. The fourth-order valence-corrected chi connectivity index (χ4v) is 3.31. The second-order valence-electron chi connectivity index (χ2n) is 6.69. The number of H-pyrrole nitrogens is 1. The van der Waals surface area contributed by atoms with Crippen molar-refractivity contribution in [3.05, 3.63) is 65.7 Å². The highest BCUT2D eigenvalue weighted by molar-refractivity contribution is 5.94. The summed E-state index contributed by atoms with van der Waals surface area (Å²) in [5, 5.41) is 13.3. The van der Waals surface area contributed by atoms with Crippen molar-refractivity contribution in [1.82, 2.24) is 30.8 Å². The van der Waals surface area contributed by atoms with Gasteiger partial charge in [-0.15, -0.1) is 0 Å². The van der Waals surface area contributed by atoms with Crippen LogP contribution in [0.3, 0.4) is 0 Å². The number of amides is 1. The van der Waals surface area contributed by atoms with Gasteiger partial charge in [-0.05, 0) is 55.1 Å². The number of piperidine rings is 1. The van der Waals surface area contributed by atoms with Crippen LogP contribution >= 0.6 is 0 Å². The van der Waals surface area contributed by atoms with Crippen LogP contribution in [0, 0.1) is 0 Å². The van der Waals surface area contributed by atoms with E-state index in [2.05, 4.69) is 42.9 Å². The van der Waals surface area contributed by atoms with Gasteiger partial charge in [0.2, 0.25) is 0 Å². The number of hydrogen-bond donors (Lipinski definition) is 3. The monoisotopic (exact) mass is 362 g/mol. The topological polar surface area (TPSA) is 95.6 Å². The fourth-order valence-electron chi connectivity index (χ4n) is 3.31. The van der Waals surface area contributed by atoms with E-state index in [0.29, 0.717) is 29.7 Å². The quantitative estimate of drug-likeness (QED) is 0.647. The minimum atomic E-state index is -0.120. The van der Waals surface area contributed by atoms with Gasteiger partial charge in [-0.25, -0.2) is 4.98 Å². The molecule has 7 nitrogen and oxygen atoms in total. The summed E-state index contributed by atoms with van der Waals surface area (Å²) >= 11 is 0. The van der Waals surface area contributed by atoms with E-state index in [4.69, 9.17) is 0 Å². The number of aromatic amines is 1. The largest absolute Gasteiger partial charge is 0.345 e. The Balaban J connectivity index is 1.35. The summed E-state index contributed by atoms with van der Waals surface area (Å²) in [7, 11) is 0. The first kappa shape index (κ1) is 17.4. The summed E-state index contributed by atoms with van der Waals surface area (Å²) in [5.41, 5.74) is 2.82. The minimum Gasteiger partial charge on any atom is -0.345 e. The molecule has 4 rings (SSSR count). The average molecular weight is 362 g/mol. The van der Waals surface area contributed by atoms with Gasteiger partial charge in [0.05, 0.1) is 6.54 Å². The normalized spacial score (nSPS) is 16.8. The number of hydrogen-bond acceptors (Lipinski definition) is 5. The number of benzene rings is 1. The van der Waals surface area contributed by atoms with Crippen molar-refractivity contribution in [2.24, 2.45) is 0 Å². The number of aromatic nitrogens is 4. The van der Waals surface area contributed by atoms with E-state index in [-0.39, 0.29) is 5.91 Å². The van der Waals surface area contributed by atoms with Crippen LogP contribution in [0.25, 0.3) is 11.4 Å². The third-order valence-electron chi connectivity index (χ3n) is 4.83. The molecule has 7 heteroatoms. The lowest BCUT2D eigenvalue weighted by molar-refractivity contribution is 0.0950. The zero-order valence-corrected chi connectivity index (χ0v) is 15.0. The van der Waals surface area contributed by atoms with E-state index >= 15 is 0 Å². The third-order valence-corrected chi connectivity index (χ3v) is 4.83. The predicted molar refractivity (Wildman–Crippen MR) is 102 cm³/mol. The maximum atomic E-state index is 12.4. The molecule has 1 amide bonds. The second kappa shape index (κ2) is 8.09. The maximum absolute atomic E-state index is 12.4. The Kier molecular flexibility index (Phi) is 5.20. The van der Waals surface area contributed by atoms with Gasteiger partial charge in [-0.1, -0.05) is 12.1 Å². The zero-order chi connectivity index (χ0) is 18.5. The fraction of sp³-hybridized carbons (Fsp3) is 0.300. The number of carbonyl (C=O) groups excluding carboxylic acids is 1. The Morgan fingerprint density at radius 2 is 1.96 bits per heavy atom. The zero-order valence-electron chi connectivity index (χ0n) is 15.0. The van der Waals surface area contributed by atoms with Crippen LogP contribution in [-0.2, 0) is 6.54 Å². The van der Waals surface area contributed by atoms with Gasteiger partial charge < -0.3 is 10.6 Å². The molecule has 1 aliphatic heterocycles. The Morgan fingerprint density at radius 3 is 2.70 bits per heavy atom. The van der Waals surface area contributed by atoms with Crippen molar-refractivity contribution in [3.63, 3.8) is 0 Å². The van der Waals surface area contributed by atoms with Crippen LogP contribution in [0.2, 0.25) is 0 Å². The number of pyridine rings is 1. The molecule has 0 aliphatic carbocycles. The minimum absolute atomic E-state index is 0.120. The van der Waals surface area contributed by atoms with E-state index in [9.17, 15) is 4.79 Å². The molecule has 1 fully saturated rings. The molecule has 0 radical (unpaired) electrons. The van der Waals surface area contributed by atoms with Gasteiger partial charge in [0.1, 0.15) is 5.82 Å². The third kappa shape index (κ3) is 4.20. The van der Waals surface area contributed by atoms with E-state index < -0.39 is 0 Å². The molecule has 1 aromatic carbocycles. The number of nitrogens with zero attached hydrogens (tertiary/aromatic N) is 3. The molecule has 138 valence electrons. The van der Waals surface area contributed by atoms with Crippen molar-refractivity contribution in [2.75, 3.05) is 13.1 Å². The van der Waals surface area contributed by atoms with Gasteiger partial charge in [0.25, 0.3) is 5.91 Å². The van der Waals surface area contributed by atoms with Crippen molar-refractivity contribution in [2.45, 2.75) is 25.3 Å². The van der Waals surface area contributed by atoms with Gasteiger partial charge >= 0.3 is 0 Å². The van der Waals surface area contributed by atoms with Gasteiger partial charge in [0.15, 0.2) is 5.82 Å². The molecule has 0 saturated carbocycles. The number of carbonyl (C=O) groups is 1. The van der Waals surface area contributed by atoms with Crippen LogP contribution in [0.5, 0.6) is 0 Å². The van der Waals surface area contributed by atoms with E-state index in [1.54, 1.807) is 12.4 Å². The Hall–Kier alpha value is -3.06. The first-order valence-corrected chi connectivity index (χ1v) is 9.20. The van der Waals surface area contributed by atoms with Crippen LogP contribution in [0.4, 0.5) is 0 Å². The summed E-state index contributed by atoms with van der Waals surface area (Å²) < 4.78 is 0. The number of nitrogens with one attached hydrogen (secondary N) is 3. The van der Waals surface area contributed by atoms with E-state index in [1.165, 1.54) is 18.4 Å². The molecule has 3 N–H and O–H groups in total. The molecule has 3 aromatic rings. The van der Waals surface area contributed by atoms with Crippen molar-refractivity contribution in [3.8, 4) is 11.4 Å². The molecule has 27 heavy (non-hydrogen) atoms. The highest BCUT2D eigenvalue weighted by Crippen LogP contribution is 2.23. The van der Waals surface area contributed by atoms with Gasteiger partial charge in [-0.3, -0.25) is 14.9 Å². The molecule has 1 saturated heterocycles. The van der Waals surface area contributed by atoms with Gasteiger partial charge in [0, 0.05) is 30.1 Å². The molecule has 1 atom stereocenters. The smallest absolute Gasteiger partial charge is 0.251 e. The van der Waals surface area contributed by atoms with Crippen LogP contribution in [0.1, 0.15) is 40.5 Å². The van der Waals surface area contributed by atoms with Crippen molar-refractivity contribution < 1.29 is 4.79 Å². The molecule has 0 spiro atoms. The molecule has 1 aliphatic rings. The standard InChI is InChI=1S/C20H22N6O/c27-20(16-5-3-14(4-6-16)17-2-1-9-22-12-17)23-13-18-24-19(26-25-18)15-7-10-21-11-8-15/h3-8,10-11,17,22H,1-2,9,12-13H2,(H,23,27)(H,24,25,26)/t17-/m1/s1. The first-order valence-electron chi connectivity index (χ1n) is 9.20. The maximum Gasteiger partial charge on any atom is 0.251 e. The van der Waals surface area contributed by atoms with Crippen LogP contribution < -0.4 is 10.6 Å². The molecular weight excluding hydrogens is 340 g/mol. The highest BCUT2D eigenvalue weighted by Gasteiger charge is 2.15. The summed E-state index contributed by atoms with van der Waals surface area (Å²) in [6.45, 7) is 2.41. The SMILES string of the molecule is O=C(NCc1nc(-c2ccncc2)n[nH]1)c1ccc([C@@H]2CCCNC2)cc1. The number of rotatable bonds is 5. The predicted octanol–water partition coefficient (Wildman–Crippen LogP) is 2.26. The van der Waals surface area contributed by atoms with E-state index in [1.807, 2.05) is 24.3 Å². The Bertz CT molecular complexity index is 884. The van der Waals surface area contributed by atoms with Crippen LogP contribution in [0.15, 0.2) is 48.8 Å².